The van der Waals surface area contributed by atoms with E-state index in [9.17, 15) is 0 Å². The molecule has 12 heavy (non-hydrogen) atoms. The molecule has 68 valence electrons. The highest BCUT2D eigenvalue weighted by atomic mass is 16.5. The van der Waals surface area contributed by atoms with Gasteiger partial charge in [0.25, 0.3) is 0 Å². The zero-order valence-electron chi connectivity index (χ0n) is 7.55. The number of nitrogens with one attached hydrogen (secondary N) is 1. The van der Waals surface area contributed by atoms with Gasteiger partial charge < -0.3 is 9.22 Å². The van der Waals surface area contributed by atoms with E-state index in [0.717, 1.165) is 37.3 Å². The molecule has 0 aromatic carbocycles. The molecule has 1 aliphatic rings. The van der Waals surface area contributed by atoms with E-state index in [1.54, 1.807) is 0 Å². The molecule has 4 heteroatoms. The summed E-state index contributed by atoms with van der Waals surface area (Å²) in [6.45, 7) is 5.53. The Morgan fingerprint density at radius 3 is 2.75 bits per heavy atom. The van der Waals surface area contributed by atoms with E-state index in [-0.39, 0.29) is 0 Å². The van der Waals surface area contributed by atoms with Gasteiger partial charge in [-0.05, 0) is 0 Å². The fraction of sp³-hybridized carbons (Fsp3) is 0.875. The summed E-state index contributed by atoms with van der Waals surface area (Å²) in [6, 6.07) is 2.06. The summed E-state index contributed by atoms with van der Waals surface area (Å²) in [5.74, 6) is 0. The molecule has 0 unspecified atom stereocenters. The predicted octanol–water partition coefficient (Wildman–Crippen LogP) is 0.216. The Hall–Kier alpha value is -0.700. The van der Waals surface area contributed by atoms with Gasteiger partial charge in [0.1, 0.15) is 13.1 Å². The van der Waals surface area contributed by atoms with Crippen LogP contribution in [0.5, 0.6) is 0 Å². The van der Waals surface area contributed by atoms with Crippen LogP contribution in [0.25, 0.3) is 0 Å². The van der Waals surface area contributed by atoms with Crippen LogP contribution in [0, 0.1) is 5.41 Å². The molecule has 0 amide bonds. The number of likely N-dealkylation sites (N-methyl/N-ethyl adjacent to an activating group) is 1. The maximum absolute atomic E-state index is 6.64. The van der Waals surface area contributed by atoms with Gasteiger partial charge in [0.2, 0.25) is 0 Å². The fourth-order valence-electron chi connectivity index (χ4n) is 1.35. The monoisotopic (exact) mass is 170 g/mol. The number of aliphatic imine (C=N–C) groups is 1. The number of rotatable bonds is 3. The second-order valence-electron chi connectivity index (χ2n) is 3.40. The SMILES string of the molecule is C[N+]1(CCN=C=N)CCOCC1. The zero-order chi connectivity index (χ0) is 8.86. The van der Waals surface area contributed by atoms with E-state index in [4.69, 9.17) is 10.1 Å². The van der Waals surface area contributed by atoms with Crippen molar-refractivity contribution in [1.82, 2.24) is 0 Å². The van der Waals surface area contributed by atoms with Crippen molar-refractivity contribution in [1.29, 1.82) is 5.41 Å². The van der Waals surface area contributed by atoms with Gasteiger partial charge in [-0.2, -0.15) is 0 Å². The summed E-state index contributed by atoms with van der Waals surface area (Å²) < 4.78 is 6.29. The van der Waals surface area contributed by atoms with Crippen LogP contribution in [-0.2, 0) is 4.74 Å². The second kappa shape index (κ2) is 4.36. The molecule has 0 spiro atoms. The predicted molar refractivity (Wildman–Crippen MR) is 46.6 cm³/mol. The van der Waals surface area contributed by atoms with Gasteiger partial charge in [-0.15, -0.1) is 0 Å². The lowest BCUT2D eigenvalue weighted by Crippen LogP contribution is -2.53. The van der Waals surface area contributed by atoms with Crippen LogP contribution in [-0.4, -0.2) is 56.9 Å². The Morgan fingerprint density at radius 1 is 1.50 bits per heavy atom. The van der Waals surface area contributed by atoms with Crippen LogP contribution in [0.1, 0.15) is 0 Å². The molecule has 0 aromatic heterocycles. The first-order valence-corrected chi connectivity index (χ1v) is 4.26. The van der Waals surface area contributed by atoms with Crippen molar-refractivity contribution >= 4 is 6.01 Å². The number of hydrogen-bond acceptors (Lipinski definition) is 3. The number of nitrogens with zero attached hydrogens (tertiary/aromatic N) is 2. The molecule has 0 saturated carbocycles. The highest BCUT2D eigenvalue weighted by molar-refractivity contribution is 5.35. The van der Waals surface area contributed by atoms with E-state index in [1.807, 2.05) is 0 Å². The average molecular weight is 170 g/mol. The van der Waals surface area contributed by atoms with E-state index in [1.165, 1.54) is 0 Å². The van der Waals surface area contributed by atoms with Crippen LogP contribution >= 0.6 is 0 Å². The molecule has 0 radical (unpaired) electrons. The van der Waals surface area contributed by atoms with Crippen molar-refractivity contribution in [2.75, 3.05) is 46.4 Å². The van der Waals surface area contributed by atoms with E-state index < -0.39 is 0 Å². The van der Waals surface area contributed by atoms with E-state index in [0.29, 0.717) is 6.54 Å². The summed E-state index contributed by atoms with van der Waals surface area (Å²) >= 11 is 0. The molecular weight excluding hydrogens is 154 g/mol. The summed E-state index contributed by atoms with van der Waals surface area (Å²) in [6.07, 6.45) is 0. The Kier molecular flexibility index (Phi) is 3.41. The molecular formula is C8H16N3O+. The van der Waals surface area contributed by atoms with Gasteiger partial charge in [-0.3, -0.25) is 0 Å². The third-order valence-electron chi connectivity index (χ3n) is 2.38. The number of quaternary nitrogens is 1. The largest absolute Gasteiger partial charge is 0.370 e. The van der Waals surface area contributed by atoms with Crippen LogP contribution in [0.3, 0.4) is 0 Å². The van der Waals surface area contributed by atoms with Crippen molar-refractivity contribution in [3.05, 3.63) is 0 Å². The molecule has 4 nitrogen and oxygen atoms in total. The summed E-state index contributed by atoms with van der Waals surface area (Å²) in [7, 11) is 2.21. The zero-order valence-corrected chi connectivity index (χ0v) is 7.55. The summed E-state index contributed by atoms with van der Waals surface area (Å²) in [5.41, 5.74) is 0. The van der Waals surface area contributed by atoms with Crippen molar-refractivity contribution in [2.45, 2.75) is 0 Å². The smallest absolute Gasteiger partial charge is 0.102 e. The number of morpholine rings is 1. The molecule has 0 aliphatic carbocycles. The fourth-order valence-corrected chi connectivity index (χ4v) is 1.35. The van der Waals surface area contributed by atoms with Crippen molar-refractivity contribution in [3.63, 3.8) is 0 Å². The Bertz CT molecular complexity index is 181. The normalized spacial score (nSPS) is 21.4. The second-order valence-corrected chi connectivity index (χ2v) is 3.40. The average Bonchev–Trinajstić information content (AvgIpc) is 2.06. The van der Waals surface area contributed by atoms with Crippen LogP contribution in [0.2, 0.25) is 0 Å². The van der Waals surface area contributed by atoms with Gasteiger partial charge in [0, 0.05) is 0 Å². The van der Waals surface area contributed by atoms with Crippen molar-refractivity contribution in [3.8, 4) is 0 Å². The third-order valence-corrected chi connectivity index (χ3v) is 2.38. The Balaban J connectivity index is 2.31. The summed E-state index contributed by atoms with van der Waals surface area (Å²) in [4.78, 5) is 3.77. The summed E-state index contributed by atoms with van der Waals surface area (Å²) in [5, 5.41) is 6.64. The lowest BCUT2D eigenvalue weighted by atomic mass is 10.3. The molecule has 0 bridgehead atoms. The van der Waals surface area contributed by atoms with E-state index in [2.05, 4.69) is 18.0 Å². The first-order valence-electron chi connectivity index (χ1n) is 4.26. The van der Waals surface area contributed by atoms with Gasteiger partial charge >= 0.3 is 0 Å². The molecule has 1 saturated heterocycles. The van der Waals surface area contributed by atoms with Gasteiger partial charge in [0.15, 0.2) is 0 Å². The highest BCUT2D eigenvalue weighted by Crippen LogP contribution is 2.06. The Morgan fingerprint density at radius 2 is 2.17 bits per heavy atom. The topological polar surface area (TPSA) is 45.4 Å². The Labute approximate surface area is 73.0 Å². The molecule has 1 N–H and O–H groups in total. The van der Waals surface area contributed by atoms with Crippen LogP contribution < -0.4 is 0 Å². The molecule has 1 rings (SSSR count). The minimum atomic E-state index is 0.708. The third kappa shape index (κ3) is 2.74. The van der Waals surface area contributed by atoms with Crippen LogP contribution in [0.15, 0.2) is 4.99 Å². The maximum atomic E-state index is 6.64. The molecule has 1 heterocycles. The number of hydrogen-bond donors (Lipinski definition) is 1. The van der Waals surface area contributed by atoms with E-state index >= 15 is 0 Å². The molecule has 0 atom stereocenters. The van der Waals surface area contributed by atoms with Gasteiger partial charge in [-0.1, -0.05) is 0 Å². The van der Waals surface area contributed by atoms with Crippen molar-refractivity contribution in [2.24, 2.45) is 4.99 Å². The minimum absolute atomic E-state index is 0.708. The number of ether oxygens (including phenoxy) is 1. The molecule has 1 fully saturated rings. The lowest BCUT2D eigenvalue weighted by Gasteiger charge is -2.36. The highest BCUT2D eigenvalue weighted by Gasteiger charge is 2.24. The molecule has 0 aromatic rings. The van der Waals surface area contributed by atoms with Crippen molar-refractivity contribution < 1.29 is 9.22 Å². The van der Waals surface area contributed by atoms with Crippen LogP contribution in [0.4, 0.5) is 0 Å². The van der Waals surface area contributed by atoms with Gasteiger partial charge in [-0.25, -0.2) is 10.4 Å². The standard InChI is InChI=1S/C8H16N3O/c1-11(3-2-10-8-9)4-6-12-7-5-11/h9H,2-7H2,1H3/q+1. The molecule has 1 aliphatic heterocycles. The lowest BCUT2D eigenvalue weighted by molar-refractivity contribution is -0.915. The first-order chi connectivity index (χ1) is 5.77. The van der Waals surface area contributed by atoms with Gasteiger partial charge in [0.05, 0.1) is 39.4 Å². The first kappa shape index (κ1) is 9.39. The quantitative estimate of drug-likeness (QED) is 0.478. The maximum Gasteiger partial charge on any atom is 0.102 e. The minimum Gasteiger partial charge on any atom is -0.370 e.